The maximum absolute atomic E-state index is 5.28. The predicted octanol–water partition coefficient (Wildman–Crippen LogP) is 4.20. The molecule has 0 saturated carbocycles. The van der Waals surface area contributed by atoms with Gasteiger partial charge in [0.1, 0.15) is 0 Å². The normalized spacial score (nSPS) is 10.3. The molecule has 2 rings (SSSR count). The van der Waals surface area contributed by atoms with E-state index in [1.54, 1.807) is 0 Å². The van der Waals surface area contributed by atoms with Crippen molar-refractivity contribution in [3.8, 4) is 11.1 Å². The molecule has 0 amide bonds. The van der Waals surface area contributed by atoms with E-state index >= 15 is 0 Å². The van der Waals surface area contributed by atoms with Crippen LogP contribution < -0.4 is 0 Å². The second-order valence-electron chi connectivity index (χ2n) is 3.26. The summed E-state index contributed by atoms with van der Waals surface area (Å²) in [4.78, 5) is 1.16. The molecule has 0 radical (unpaired) electrons. The summed E-state index contributed by atoms with van der Waals surface area (Å²) in [5, 5.41) is 0. The van der Waals surface area contributed by atoms with Crippen molar-refractivity contribution < 1.29 is 4.74 Å². The van der Waals surface area contributed by atoms with Crippen LogP contribution in [-0.4, -0.2) is 11.0 Å². The number of ether oxygens (including phenoxy) is 1. The minimum atomic E-state index is 0.585. The maximum atomic E-state index is 5.28. The van der Waals surface area contributed by atoms with E-state index in [1.807, 2.05) is 25.1 Å². The fraction of sp³-hybridized carbons (Fsp3) is 0.154. The van der Waals surface area contributed by atoms with Gasteiger partial charge in [0, 0.05) is 4.90 Å². The lowest BCUT2D eigenvalue weighted by molar-refractivity contribution is 0.346. The Hall–Kier alpha value is -1.06. The van der Waals surface area contributed by atoms with Gasteiger partial charge in [-0.2, -0.15) is 0 Å². The molecule has 16 heavy (non-hydrogen) atoms. The average Bonchev–Trinajstić information content (AvgIpc) is 2.51. The highest BCUT2D eigenvalue weighted by atomic mass is 32.2. The molecule has 0 spiro atoms. The van der Waals surface area contributed by atoms with Gasteiger partial charge >= 0.3 is 0 Å². The molecule has 0 saturated heterocycles. The predicted molar refractivity (Wildman–Crippen MR) is 73.1 cm³/mol. The summed E-state index contributed by atoms with van der Waals surface area (Å²) in [7, 11) is 0. The standard InChI is InChI=1S/C13H12OS2/c1-2-14-13(15)16-12-9-8-10-6-4-3-5-7-11(10)12/h3-9H,2H2,1H3. The Kier molecular flexibility index (Phi) is 3.80. The number of thioether (sulfide) groups is 1. The first-order valence-electron chi connectivity index (χ1n) is 5.13. The van der Waals surface area contributed by atoms with Crippen molar-refractivity contribution in [2.24, 2.45) is 0 Å². The average molecular weight is 248 g/mol. The molecule has 0 fully saturated rings. The molecular weight excluding hydrogens is 236 g/mol. The van der Waals surface area contributed by atoms with Crippen molar-refractivity contribution in [3.63, 3.8) is 0 Å². The Labute approximate surface area is 105 Å². The summed E-state index contributed by atoms with van der Waals surface area (Å²) >= 11 is 6.64. The lowest BCUT2D eigenvalue weighted by Crippen LogP contribution is -1.94. The largest absolute Gasteiger partial charge is 0.479 e. The van der Waals surface area contributed by atoms with Crippen LogP contribution in [0.4, 0.5) is 0 Å². The molecule has 1 nitrogen and oxygen atoms in total. The van der Waals surface area contributed by atoms with Crippen molar-refractivity contribution in [1.82, 2.24) is 0 Å². The summed E-state index contributed by atoms with van der Waals surface area (Å²) in [6.45, 7) is 2.56. The number of thiocarbonyl (C=S) groups is 1. The number of hydrogen-bond donors (Lipinski definition) is 0. The smallest absolute Gasteiger partial charge is 0.224 e. The molecule has 3 heteroatoms. The van der Waals surface area contributed by atoms with Crippen LogP contribution in [0.15, 0.2) is 47.4 Å². The summed E-state index contributed by atoms with van der Waals surface area (Å²) in [5.74, 6) is 0. The Balaban J connectivity index is 2.25. The van der Waals surface area contributed by atoms with Crippen LogP contribution >= 0.6 is 24.0 Å². The van der Waals surface area contributed by atoms with Crippen molar-refractivity contribution in [2.75, 3.05) is 6.61 Å². The summed E-state index contributed by atoms with van der Waals surface area (Å²) in [6, 6.07) is 14.5. The van der Waals surface area contributed by atoms with Gasteiger partial charge in [-0.3, -0.25) is 0 Å². The summed E-state index contributed by atoms with van der Waals surface area (Å²) in [6.07, 6.45) is 0. The summed E-state index contributed by atoms with van der Waals surface area (Å²) in [5.41, 5.74) is 2.45. The van der Waals surface area contributed by atoms with Gasteiger partial charge in [0.2, 0.25) is 4.38 Å². The first kappa shape index (κ1) is 11.4. The van der Waals surface area contributed by atoms with Gasteiger partial charge in [0.25, 0.3) is 0 Å². The van der Waals surface area contributed by atoms with E-state index in [4.69, 9.17) is 17.0 Å². The van der Waals surface area contributed by atoms with E-state index in [9.17, 15) is 0 Å². The van der Waals surface area contributed by atoms with Gasteiger partial charge in [0.05, 0.1) is 6.61 Å². The van der Waals surface area contributed by atoms with E-state index in [0.717, 1.165) is 4.90 Å². The minimum absolute atomic E-state index is 0.585. The third kappa shape index (κ3) is 2.54. The molecule has 0 N–H and O–H groups in total. The quantitative estimate of drug-likeness (QED) is 0.582. The zero-order valence-corrected chi connectivity index (χ0v) is 10.6. The lowest BCUT2D eigenvalue weighted by Gasteiger charge is -2.04. The Morgan fingerprint density at radius 1 is 1.19 bits per heavy atom. The molecule has 0 aromatic carbocycles. The zero-order chi connectivity index (χ0) is 11.4. The number of fused-ring (bicyclic) bond motifs is 1. The number of rotatable bonds is 2. The molecule has 2 aliphatic carbocycles. The molecule has 0 aromatic heterocycles. The lowest BCUT2D eigenvalue weighted by atomic mass is 10.2. The van der Waals surface area contributed by atoms with E-state index in [0.29, 0.717) is 11.0 Å². The first-order chi connectivity index (χ1) is 7.81. The van der Waals surface area contributed by atoms with Crippen LogP contribution in [0.2, 0.25) is 0 Å². The Morgan fingerprint density at radius 2 is 2.00 bits per heavy atom. The fourth-order valence-electron chi connectivity index (χ4n) is 1.51. The van der Waals surface area contributed by atoms with E-state index in [2.05, 4.69) is 24.3 Å². The van der Waals surface area contributed by atoms with Crippen molar-refractivity contribution in [1.29, 1.82) is 0 Å². The highest BCUT2D eigenvalue weighted by molar-refractivity contribution is 8.22. The molecule has 0 atom stereocenters. The number of hydrogen-bond acceptors (Lipinski definition) is 3. The molecule has 0 heterocycles. The highest BCUT2D eigenvalue weighted by Crippen LogP contribution is 2.35. The molecule has 0 aromatic rings. The van der Waals surface area contributed by atoms with Crippen LogP contribution in [0, 0.1) is 0 Å². The third-order valence-corrected chi connectivity index (χ3v) is 3.44. The zero-order valence-electron chi connectivity index (χ0n) is 8.97. The van der Waals surface area contributed by atoms with E-state index < -0.39 is 0 Å². The van der Waals surface area contributed by atoms with Gasteiger partial charge in [-0.25, -0.2) is 0 Å². The Bertz CT molecular complexity index is 467. The minimum Gasteiger partial charge on any atom is -0.479 e. The highest BCUT2D eigenvalue weighted by Gasteiger charge is 2.10. The van der Waals surface area contributed by atoms with Gasteiger partial charge in [-0.15, -0.1) is 0 Å². The van der Waals surface area contributed by atoms with Crippen LogP contribution in [0.25, 0.3) is 11.1 Å². The SMILES string of the molecule is CCOC(=S)Sc1ccc2cccccc1-2. The first-order valence-corrected chi connectivity index (χ1v) is 6.36. The third-order valence-electron chi connectivity index (χ3n) is 2.21. The van der Waals surface area contributed by atoms with Crippen LogP contribution in [0.3, 0.4) is 0 Å². The van der Waals surface area contributed by atoms with Crippen molar-refractivity contribution in [2.45, 2.75) is 11.8 Å². The molecule has 0 aliphatic heterocycles. The second kappa shape index (κ2) is 5.32. The van der Waals surface area contributed by atoms with Crippen LogP contribution in [-0.2, 0) is 4.74 Å². The van der Waals surface area contributed by atoms with Gasteiger partial charge in [-0.1, -0.05) is 36.4 Å². The molecule has 0 unspecified atom stereocenters. The van der Waals surface area contributed by atoms with Crippen molar-refractivity contribution >= 4 is 28.4 Å². The topological polar surface area (TPSA) is 9.23 Å². The van der Waals surface area contributed by atoms with Crippen molar-refractivity contribution in [3.05, 3.63) is 42.5 Å². The van der Waals surface area contributed by atoms with Gasteiger partial charge < -0.3 is 4.74 Å². The van der Waals surface area contributed by atoms with E-state index in [1.165, 1.54) is 22.9 Å². The van der Waals surface area contributed by atoms with Crippen LogP contribution in [0.5, 0.6) is 0 Å². The van der Waals surface area contributed by atoms with E-state index in [-0.39, 0.29) is 0 Å². The molecule has 0 bridgehead atoms. The second-order valence-corrected chi connectivity index (χ2v) is 4.91. The fourth-order valence-corrected chi connectivity index (χ4v) is 2.69. The van der Waals surface area contributed by atoms with Gasteiger partial charge in [0.15, 0.2) is 0 Å². The molecule has 2 aliphatic rings. The van der Waals surface area contributed by atoms with Crippen LogP contribution in [0.1, 0.15) is 6.92 Å². The maximum Gasteiger partial charge on any atom is 0.224 e. The Morgan fingerprint density at radius 3 is 2.81 bits per heavy atom. The molecular formula is C13H12OS2. The summed E-state index contributed by atoms with van der Waals surface area (Å²) < 4.78 is 5.87. The van der Waals surface area contributed by atoms with Gasteiger partial charge in [-0.05, 0) is 48.1 Å². The monoisotopic (exact) mass is 248 g/mol. The molecule has 82 valence electrons.